The summed E-state index contributed by atoms with van der Waals surface area (Å²) in [6.07, 6.45) is -2.06. The molecule has 2 aromatic carbocycles. The van der Waals surface area contributed by atoms with Gasteiger partial charge in [0.2, 0.25) is 11.8 Å². The fourth-order valence-electron chi connectivity index (χ4n) is 4.62. The molecule has 0 bridgehead atoms. The van der Waals surface area contributed by atoms with E-state index in [2.05, 4.69) is 15.5 Å². The van der Waals surface area contributed by atoms with Gasteiger partial charge in [-0.15, -0.1) is 0 Å². The Kier molecular flexibility index (Phi) is 8.29. The van der Waals surface area contributed by atoms with Gasteiger partial charge in [0.15, 0.2) is 0 Å². The fourth-order valence-corrected chi connectivity index (χ4v) is 4.93. The third kappa shape index (κ3) is 6.42. The Bertz CT molecular complexity index is 1340. The van der Waals surface area contributed by atoms with Crippen molar-refractivity contribution in [3.8, 4) is 0 Å². The Labute approximate surface area is 227 Å². The molecule has 206 valence electrons. The average Bonchev–Trinajstić information content (AvgIpc) is 3.14. The predicted octanol–water partition coefficient (Wildman–Crippen LogP) is 4.29. The Morgan fingerprint density at radius 3 is 2.56 bits per heavy atom. The lowest BCUT2D eigenvalue weighted by atomic mass is 10.0. The molecule has 0 spiro atoms. The van der Waals surface area contributed by atoms with Gasteiger partial charge < -0.3 is 10.2 Å². The highest BCUT2D eigenvalue weighted by atomic mass is 35.5. The van der Waals surface area contributed by atoms with E-state index >= 15 is 0 Å². The molecule has 1 atom stereocenters. The summed E-state index contributed by atoms with van der Waals surface area (Å²) in [6, 6.07) is 9.94. The van der Waals surface area contributed by atoms with Gasteiger partial charge in [-0.25, -0.2) is 0 Å². The van der Waals surface area contributed by atoms with Crippen molar-refractivity contribution in [1.82, 2.24) is 10.2 Å². The van der Waals surface area contributed by atoms with Crippen LogP contribution in [0.15, 0.2) is 54.2 Å². The van der Waals surface area contributed by atoms with Crippen molar-refractivity contribution in [2.45, 2.75) is 44.8 Å². The highest BCUT2D eigenvalue weighted by Crippen LogP contribution is 2.35. The number of anilines is 2. The maximum absolute atomic E-state index is 12.9. The first-order valence-electron chi connectivity index (χ1n) is 12.4. The molecule has 4 rings (SSSR count). The number of hydrogen-bond acceptors (Lipinski definition) is 6. The minimum atomic E-state index is -4.50. The number of amides is 4. The molecule has 0 aliphatic carbocycles. The van der Waals surface area contributed by atoms with E-state index in [1.165, 1.54) is 12.1 Å². The second kappa shape index (κ2) is 11.5. The molecule has 1 fully saturated rings. The van der Waals surface area contributed by atoms with E-state index < -0.39 is 41.4 Å². The van der Waals surface area contributed by atoms with Gasteiger partial charge >= 0.3 is 6.18 Å². The predicted molar refractivity (Wildman–Crippen MR) is 139 cm³/mol. The summed E-state index contributed by atoms with van der Waals surface area (Å²) >= 11 is 5.83. The van der Waals surface area contributed by atoms with E-state index in [-0.39, 0.29) is 23.6 Å². The number of halogens is 4. The first kappa shape index (κ1) is 28.2. The van der Waals surface area contributed by atoms with Crippen LogP contribution in [0.3, 0.4) is 0 Å². The molecule has 39 heavy (non-hydrogen) atoms. The van der Waals surface area contributed by atoms with Crippen LogP contribution in [0.4, 0.5) is 24.5 Å². The van der Waals surface area contributed by atoms with Gasteiger partial charge in [0, 0.05) is 37.0 Å². The van der Waals surface area contributed by atoms with Gasteiger partial charge in [0.1, 0.15) is 11.7 Å². The van der Waals surface area contributed by atoms with Crippen LogP contribution in [0.5, 0.6) is 0 Å². The topological polar surface area (TPSA) is 98.8 Å². The smallest absolute Gasteiger partial charge is 0.372 e. The molecule has 2 aliphatic heterocycles. The van der Waals surface area contributed by atoms with Crippen molar-refractivity contribution in [3.63, 3.8) is 0 Å². The van der Waals surface area contributed by atoms with Gasteiger partial charge in [-0.05, 0) is 62.1 Å². The van der Waals surface area contributed by atoms with Gasteiger partial charge in [0.05, 0.1) is 10.6 Å². The summed E-state index contributed by atoms with van der Waals surface area (Å²) in [5.41, 5.74) is 1.26. The molecule has 0 radical (unpaired) electrons. The van der Waals surface area contributed by atoms with Crippen LogP contribution in [0.2, 0.25) is 5.02 Å². The molecule has 0 saturated carbocycles. The number of imide groups is 2. The fraction of sp³-hybridized carbons (Fsp3) is 0.333. The number of aryl methyl sites for hydroxylation is 1. The zero-order valence-electron chi connectivity index (χ0n) is 21.0. The first-order chi connectivity index (χ1) is 18.5. The highest BCUT2D eigenvalue weighted by Gasteiger charge is 2.42. The minimum absolute atomic E-state index is 0.0177. The van der Waals surface area contributed by atoms with E-state index in [1.807, 2.05) is 19.1 Å². The molecule has 2 heterocycles. The van der Waals surface area contributed by atoms with E-state index in [0.29, 0.717) is 37.2 Å². The average molecular weight is 563 g/mol. The van der Waals surface area contributed by atoms with Gasteiger partial charge in [0.25, 0.3) is 11.8 Å². The lowest BCUT2D eigenvalue weighted by molar-refractivity contribution is -0.149. The van der Waals surface area contributed by atoms with E-state index in [0.717, 1.165) is 22.7 Å². The zero-order valence-corrected chi connectivity index (χ0v) is 21.7. The Hall–Kier alpha value is -3.86. The third-order valence-electron chi connectivity index (χ3n) is 6.58. The highest BCUT2D eigenvalue weighted by molar-refractivity contribution is 6.31. The third-order valence-corrected chi connectivity index (χ3v) is 6.89. The van der Waals surface area contributed by atoms with Crippen molar-refractivity contribution in [2.24, 2.45) is 0 Å². The lowest BCUT2D eigenvalue weighted by Crippen LogP contribution is -2.54. The number of carbonyl (C=O) groups excluding carboxylic acids is 4. The SMILES string of the molecule is CCN(CCCc1ccc(C(F)(F)F)c(Cl)c1)c1cccc(NC2=CC(=O)N(C3CCC(=O)NC3=O)C2=O)c1. The lowest BCUT2D eigenvalue weighted by Gasteiger charge is -2.28. The number of carbonyl (C=O) groups is 4. The molecule has 0 aromatic heterocycles. The number of alkyl halides is 3. The van der Waals surface area contributed by atoms with Crippen molar-refractivity contribution < 1.29 is 32.3 Å². The van der Waals surface area contributed by atoms with E-state index in [1.54, 1.807) is 12.1 Å². The summed E-state index contributed by atoms with van der Waals surface area (Å²) in [7, 11) is 0. The summed E-state index contributed by atoms with van der Waals surface area (Å²) in [6.45, 7) is 3.23. The minimum Gasteiger partial charge on any atom is -0.372 e. The molecule has 4 amide bonds. The Morgan fingerprint density at radius 2 is 1.90 bits per heavy atom. The Morgan fingerprint density at radius 1 is 1.13 bits per heavy atom. The van der Waals surface area contributed by atoms with Gasteiger partial charge in [-0.2, -0.15) is 13.2 Å². The summed E-state index contributed by atoms with van der Waals surface area (Å²) in [5, 5.41) is 4.78. The Balaban J connectivity index is 1.38. The molecule has 2 aromatic rings. The standard InChI is InChI=1S/C27H26ClF3N4O4/c1-2-34(12-4-5-16-8-9-19(20(28)13-16)27(29,30)31)18-7-3-6-17(14-18)32-21-15-24(37)35(26(21)39)22-10-11-23(36)33-25(22)38/h3,6-9,13-15,22,32H,2,4-5,10-12H2,1H3,(H,33,36,38). The molecule has 2 N–H and O–H groups in total. The molecule has 12 heteroatoms. The second-order valence-corrected chi connectivity index (χ2v) is 9.62. The molecule has 2 aliphatic rings. The normalized spacial score (nSPS) is 17.8. The number of benzene rings is 2. The monoisotopic (exact) mass is 562 g/mol. The molecule has 1 unspecified atom stereocenters. The number of hydrogen-bond donors (Lipinski definition) is 2. The maximum atomic E-state index is 12.9. The van der Waals surface area contributed by atoms with Crippen LogP contribution in [0, 0.1) is 0 Å². The van der Waals surface area contributed by atoms with Gasteiger partial charge in [-0.1, -0.05) is 23.7 Å². The second-order valence-electron chi connectivity index (χ2n) is 9.21. The van der Waals surface area contributed by atoms with Crippen molar-refractivity contribution >= 4 is 46.6 Å². The number of nitrogens with zero attached hydrogens (tertiary/aromatic N) is 2. The van der Waals surface area contributed by atoms with Gasteiger partial charge in [-0.3, -0.25) is 29.4 Å². The zero-order chi connectivity index (χ0) is 28.3. The van der Waals surface area contributed by atoms with Crippen LogP contribution in [-0.4, -0.2) is 47.7 Å². The van der Waals surface area contributed by atoms with E-state index in [4.69, 9.17) is 11.6 Å². The number of nitrogens with one attached hydrogen (secondary N) is 2. The quantitative estimate of drug-likeness (QED) is 0.443. The van der Waals surface area contributed by atoms with Crippen LogP contribution >= 0.6 is 11.6 Å². The molecule has 1 saturated heterocycles. The maximum Gasteiger partial charge on any atom is 0.417 e. The largest absolute Gasteiger partial charge is 0.417 e. The first-order valence-corrected chi connectivity index (χ1v) is 12.8. The van der Waals surface area contributed by atoms with E-state index in [9.17, 15) is 32.3 Å². The van der Waals surface area contributed by atoms with Crippen LogP contribution in [0.1, 0.15) is 37.3 Å². The van der Waals surface area contributed by atoms with Crippen LogP contribution in [0.25, 0.3) is 0 Å². The number of rotatable bonds is 9. The summed E-state index contributed by atoms with van der Waals surface area (Å²) in [4.78, 5) is 52.0. The van der Waals surface area contributed by atoms with Crippen molar-refractivity contribution in [1.29, 1.82) is 0 Å². The van der Waals surface area contributed by atoms with Crippen LogP contribution in [-0.2, 0) is 31.8 Å². The van der Waals surface area contributed by atoms with Crippen molar-refractivity contribution in [2.75, 3.05) is 23.3 Å². The molecular weight excluding hydrogens is 537 g/mol. The molecular formula is C27H26ClF3N4O4. The van der Waals surface area contributed by atoms with Crippen LogP contribution < -0.4 is 15.5 Å². The summed E-state index contributed by atoms with van der Waals surface area (Å²) in [5.74, 6) is -2.40. The molecule has 8 nitrogen and oxygen atoms in total. The van der Waals surface area contributed by atoms with Crippen molar-refractivity contribution in [3.05, 3.63) is 70.4 Å². The summed E-state index contributed by atoms with van der Waals surface area (Å²) < 4.78 is 38.8. The number of piperidine rings is 1.